The molecule has 1 fully saturated rings. The average molecular weight is 313 g/mol. The van der Waals surface area contributed by atoms with Crippen molar-refractivity contribution in [3.05, 3.63) is 34.6 Å². The Labute approximate surface area is 132 Å². The third-order valence-corrected chi connectivity index (χ3v) is 5.06. The van der Waals surface area contributed by atoms with Gasteiger partial charge in [0, 0.05) is 37.3 Å². The van der Waals surface area contributed by atoms with E-state index in [0.717, 1.165) is 25.9 Å². The van der Waals surface area contributed by atoms with Gasteiger partial charge in [-0.2, -0.15) is 0 Å². The molecule has 4 heteroatoms. The Balaban J connectivity index is 2.12. The van der Waals surface area contributed by atoms with Crippen molar-refractivity contribution >= 4 is 11.6 Å². The van der Waals surface area contributed by atoms with Gasteiger partial charge in [0.25, 0.3) is 0 Å². The maximum Gasteiger partial charge on any atom is 0.146 e. The summed E-state index contributed by atoms with van der Waals surface area (Å²) < 4.78 is 14.1. The van der Waals surface area contributed by atoms with Crippen LogP contribution in [0.4, 0.5) is 4.39 Å². The van der Waals surface area contributed by atoms with Crippen molar-refractivity contribution in [1.82, 2.24) is 10.2 Å². The van der Waals surface area contributed by atoms with E-state index in [0.29, 0.717) is 30.1 Å². The lowest BCUT2D eigenvalue weighted by molar-refractivity contribution is 0.0982. The van der Waals surface area contributed by atoms with Crippen molar-refractivity contribution in [2.75, 3.05) is 13.1 Å². The number of rotatable bonds is 5. The predicted octanol–water partition coefficient (Wildman–Crippen LogP) is 4.08. The van der Waals surface area contributed by atoms with E-state index < -0.39 is 0 Å². The highest BCUT2D eigenvalue weighted by atomic mass is 35.5. The molecule has 0 aliphatic carbocycles. The standard InChI is InChI=1S/C17H26ClFN2/c1-4-12(3)16-11-21(14(5-2)9-20-16)10-13-7-6-8-15(18)17(13)19/h6-8,12,14,16,20H,4-5,9-11H2,1-3H3. The van der Waals surface area contributed by atoms with E-state index >= 15 is 0 Å². The molecule has 1 aliphatic rings. The van der Waals surface area contributed by atoms with Gasteiger partial charge in [-0.15, -0.1) is 0 Å². The second-order valence-corrected chi connectivity index (χ2v) is 6.51. The van der Waals surface area contributed by atoms with Crippen molar-refractivity contribution in [2.45, 2.75) is 52.2 Å². The molecule has 0 bridgehead atoms. The maximum atomic E-state index is 14.1. The maximum absolute atomic E-state index is 14.1. The van der Waals surface area contributed by atoms with Crippen LogP contribution in [-0.4, -0.2) is 30.1 Å². The summed E-state index contributed by atoms with van der Waals surface area (Å²) in [6, 6.07) is 6.23. The second-order valence-electron chi connectivity index (χ2n) is 6.10. The van der Waals surface area contributed by atoms with Gasteiger partial charge >= 0.3 is 0 Å². The Morgan fingerprint density at radius 2 is 2.19 bits per heavy atom. The van der Waals surface area contributed by atoms with E-state index in [1.165, 1.54) is 0 Å². The number of benzene rings is 1. The summed E-state index contributed by atoms with van der Waals surface area (Å²) in [6.45, 7) is 9.28. The van der Waals surface area contributed by atoms with Crippen LogP contribution in [0.3, 0.4) is 0 Å². The van der Waals surface area contributed by atoms with E-state index in [-0.39, 0.29) is 10.8 Å². The zero-order valence-electron chi connectivity index (χ0n) is 13.2. The molecule has 0 amide bonds. The van der Waals surface area contributed by atoms with E-state index in [4.69, 9.17) is 11.6 Å². The Kier molecular flexibility index (Phi) is 6.03. The quantitative estimate of drug-likeness (QED) is 0.881. The molecular formula is C17H26ClFN2. The Bertz CT molecular complexity index is 466. The summed E-state index contributed by atoms with van der Waals surface area (Å²) in [5.41, 5.74) is 0.700. The van der Waals surface area contributed by atoms with Crippen molar-refractivity contribution in [3.63, 3.8) is 0 Å². The van der Waals surface area contributed by atoms with Crippen LogP contribution in [0.2, 0.25) is 5.02 Å². The fourth-order valence-corrected chi connectivity index (χ4v) is 3.23. The molecule has 1 N–H and O–H groups in total. The largest absolute Gasteiger partial charge is 0.311 e. The molecule has 0 aromatic heterocycles. The molecule has 1 saturated heterocycles. The monoisotopic (exact) mass is 312 g/mol. The summed E-state index contributed by atoms with van der Waals surface area (Å²) in [5, 5.41) is 3.87. The summed E-state index contributed by atoms with van der Waals surface area (Å²) in [4.78, 5) is 2.40. The third-order valence-electron chi connectivity index (χ3n) is 4.77. The predicted molar refractivity (Wildman–Crippen MR) is 87.1 cm³/mol. The first-order chi connectivity index (χ1) is 10.1. The van der Waals surface area contributed by atoms with Gasteiger partial charge in [0.1, 0.15) is 5.82 Å². The molecule has 1 aliphatic heterocycles. The number of hydrogen-bond donors (Lipinski definition) is 1. The number of piperazine rings is 1. The summed E-state index contributed by atoms with van der Waals surface area (Å²) in [7, 11) is 0. The lowest BCUT2D eigenvalue weighted by Crippen LogP contribution is -2.57. The van der Waals surface area contributed by atoms with Gasteiger partial charge in [-0.1, -0.05) is 50.9 Å². The fraction of sp³-hybridized carbons (Fsp3) is 0.647. The molecule has 1 heterocycles. The minimum Gasteiger partial charge on any atom is -0.311 e. The van der Waals surface area contributed by atoms with Crippen LogP contribution in [-0.2, 0) is 6.54 Å². The summed E-state index contributed by atoms with van der Waals surface area (Å²) in [6.07, 6.45) is 2.23. The summed E-state index contributed by atoms with van der Waals surface area (Å²) in [5.74, 6) is 0.363. The van der Waals surface area contributed by atoms with Gasteiger partial charge in [-0.25, -0.2) is 4.39 Å². The van der Waals surface area contributed by atoms with E-state index in [2.05, 4.69) is 31.0 Å². The summed E-state index contributed by atoms with van der Waals surface area (Å²) >= 11 is 5.90. The highest BCUT2D eigenvalue weighted by molar-refractivity contribution is 6.30. The minimum atomic E-state index is -0.271. The Morgan fingerprint density at radius 3 is 2.86 bits per heavy atom. The lowest BCUT2D eigenvalue weighted by Gasteiger charge is -2.42. The highest BCUT2D eigenvalue weighted by Crippen LogP contribution is 2.23. The zero-order chi connectivity index (χ0) is 15.4. The molecule has 21 heavy (non-hydrogen) atoms. The van der Waals surface area contributed by atoms with E-state index in [1.54, 1.807) is 6.07 Å². The number of hydrogen-bond acceptors (Lipinski definition) is 2. The van der Waals surface area contributed by atoms with Crippen molar-refractivity contribution in [2.24, 2.45) is 5.92 Å². The Morgan fingerprint density at radius 1 is 1.43 bits per heavy atom. The molecule has 0 radical (unpaired) electrons. The first-order valence-electron chi connectivity index (χ1n) is 7.97. The minimum absolute atomic E-state index is 0.217. The topological polar surface area (TPSA) is 15.3 Å². The number of nitrogens with one attached hydrogen (secondary N) is 1. The second kappa shape index (κ2) is 7.57. The van der Waals surface area contributed by atoms with Gasteiger partial charge < -0.3 is 5.32 Å². The van der Waals surface area contributed by atoms with Gasteiger partial charge in [0.05, 0.1) is 5.02 Å². The van der Waals surface area contributed by atoms with Gasteiger partial charge in [-0.05, 0) is 18.4 Å². The van der Waals surface area contributed by atoms with Crippen LogP contribution in [0.5, 0.6) is 0 Å². The molecule has 2 rings (SSSR count). The van der Waals surface area contributed by atoms with E-state index in [1.807, 2.05) is 12.1 Å². The normalized spacial score (nSPS) is 25.0. The van der Waals surface area contributed by atoms with Crippen LogP contribution in [0, 0.1) is 11.7 Å². The van der Waals surface area contributed by atoms with Crippen molar-refractivity contribution in [1.29, 1.82) is 0 Å². The molecule has 0 saturated carbocycles. The smallest absolute Gasteiger partial charge is 0.146 e. The zero-order valence-corrected chi connectivity index (χ0v) is 14.0. The van der Waals surface area contributed by atoms with Gasteiger partial charge in [0.2, 0.25) is 0 Å². The fourth-order valence-electron chi connectivity index (χ4n) is 3.03. The molecule has 118 valence electrons. The molecule has 1 aromatic rings. The molecule has 2 nitrogen and oxygen atoms in total. The van der Waals surface area contributed by atoms with Crippen LogP contribution >= 0.6 is 11.6 Å². The molecular weight excluding hydrogens is 287 g/mol. The SMILES string of the molecule is CCC(C)C1CN(Cc2cccc(Cl)c2F)C(CC)CN1. The van der Waals surface area contributed by atoms with Crippen LogP contribution in [0.1, 0.15) is 39.2 Å². The van der Waals surface area contributed by atoms with Crippen LogP contribution < -0.4 is 5.32 Å². The first-order valence-corrected chi connectivity index (χ1v) is 8.34. The highest BCUT2D eigenvalue weighted by Gasteiger charge is 2.29. The van der Waals surface area contributed by atoms with Crippen LogP contribution in [0.15, 0.2) is 18.2 Å². The van der Waals surface area contributed by atoms with Gasteiger partial charge in [-0.3, -0.25) is 4.90 Å². The van der Waals surface area contributed by atoms with Crippen LogP contribution in [0.25, 0.3) is 0 Å². The molecule has 3 unspecified atom stereocenters. The average Bonchev–Trinajstić information content (AvgIpc) is 2.51. The molecule has 3 atom stereocenters. The first kappa shape index (κ1) is 16.7. The number of nitrogens with zero attached hydrogens (tertiary/aromatic N) is 1. The molecule has 0 spiro atoms. The lowest BCUT2D eigenvalue weighted by atomic mass is 9.94. The molecule has 1 aromatic carbocycles. The third kappa shape index (κ3) is 3.97. The van der Waals surface area contributed by atoms with Crippen molar-refractivity contribution < 1.29 is 4.39 Å². The number of halogens is 2. The van der Waals surface area contributed by atoms with Gasteiger partial charge in [0.15, 0.2) is 0 Å². The Hall–Kier alpha value is -0.640. The van der Waals surface area contributed by atoms with Crippen molar-refractivity contribution in [3.8, 4) is 0 Å². The van der Waals surface area contributed by atoms with E-state index in [9.17, 15) is 4.39 Å².